The van der Waals surface area contributed by atoms with E-state index in [1.165, 1.54) is 0 Å². The molecule has 0 rings (SSSR count). The van der Waals surface area contributed by atoms with Crippen LogP contribution in [0.5, 0.6) is 0 Å². The first kappa shape index (κ1) is 23.8. The molecule has 0 bridgehead atoms. The molecule has 0 aliphatic carbocycles. The lowest BCUT2D eigenvalue weighted by Crippen LogP contribution is -2.55. The Balaban J connectivity index is 4.94. The van der Waals surface area contributed by atoms with Crippen molar-refractivity contribution >= 4 is 23.8 Å². The predicted molar refractivity (Wildman–Crippen MR) is 94.1 cm³/mol. The number of aliphatic carboxylic acids is 2. The Morgan fingerprint density at radius 1 is 0.962 bits per heavy atom. The molecule has 0 heterocycles. The summed E-state index contributed by atoms with van der Waals surface area (Å²) in [5.41, 5.74) is 11.1. The van der Waals surface area contributed by atoms with E-state index in [0.717, 1.165) is 0 Å². The van der Waals surface area contributed by atoms with Gasteiger partial charge in [0.1, 0.15) is 12.1 Å². The molecule has 0 saturated heterocycles. The fourth-order valence-corrected chi connectivity index (χ4v) is 2.27. The zero-order valence-electron chi connectivity index (χ0n) is 15.2. The highest BCUT2D eigenvalue weighted by molar-refractivity contribution is 5.93. The van der Waals surface area contributed by atoms with Crippen LogP contribution in [0.15, 0.2) is 0 Å². The summed E-state index contributed by atoms with van der Waals surface area (Å²) >= 11 is 0. The third-order valence-electron chi connectivity index (χ3n) is 3.64. The zero-order chi connectivity index (χ0) is 20.3. The van der Waals surface area contributed by atoms with Crippen LogP contribution in [-0.2, 0) is 19.2 Å². The lowest BCUT2D eigenvalue weighted by atomic mass is 10.0. The average Bonchev–Trinajstić information content (AvgIpc) is 2.52. The number of carbonyl (C=O) groups excluding carboxylic acids is 2. The summed E-state index contributed by atoms with van der Waals surface area (Å²) in [6.07, 6.45) is 1.15. The molecule has 0 aliphatic rings. The summed E-state index contributed by atoms with van der Waals surface area (Å²) in [5, 5.41) is 22.7. The monoisotopic (exact) mass is 374 g/mol. The lowest BCUT2D eigenvalue weighted by molar-refractivity contribution is -0.143. The topological polar surface area (TPSA) is 185 Å². The van der Waals surface area contributed by atoms with Crippen LogP contribution in [0.2, 0.25) is 0 Å². The molecule has 150 valence electrons. The van der Waals surface area contributed by atoms with Crippen LogP contribution < -0.4 is 22.1 Å². The highest BCUT2D eigenvalue weighted by Gasteiger charge is 2.29. The maximum Gasteiger partial charge on any atom is 0.326 e. The van der Waals surface area contributed by atoms with Gasteiger partial charge in [0, 0.05) is 0 Å². The molecule has 3 atom stereocenters. The molecule has 10 heteroatoms. The fraction of sp³-hybridized carbons (Fsp3) is 0.750. The molecule has 0 aromatic heterocycles. The summed E-state index contributed by atoms with van der Waals surface area (Å²) in [4.78, 5) is 46.6. The van der Waals surface area contributed by atoms with E-state index in [9.17, 15) is 24.3 Å². The van der Waals surface area contributed by atoms with E-state index in [1.54, 1.807) is 13.8 Å². The van der Waals surface area contributed by atoms with Gasteiger partial charge >= 0.3 is 11.9 Å². The Bertz CT molecular complexity index is 497. The number of rotatable bonds is 13. The second-order valence-corrected chi connectivity index (χ2v) is 6.58. The second-order valence-electron chi connectivity index (χ2n) is 6.58. The van der Waals surface area contributed by atoms with E-state index in [4.69, 9.17) is 16.6 Å². The number of carbonyl (C=O) groups is 4. The van der Waals surface area contributed by atoms with Crippen molar-refractivity contribution in [2.75, 3.05) is 6.54 Å². The van der Waals surface area contributed by atoms with Crippen molar-refractivity contribution in [2.24, 2.45) is 17.4 Å². The van der Waals surface area contributed by atoms with Crippen molar-refractivity contribution in [1.29, 1.82) is 0 Å². The van der Waals surface area contributed by atoms with Crippen molar-refractivity contribution < 1.29 is 29.4 Å². The Hall–Kier alpha value is -2.20. The molecule has 2 amide bonds. The molecule has 0 spiro atoms. The smallest absolute Gasteiger partial charge is 0.326 e. The number of carboxylic acids is 2. The van der Waals surface area contributed by atoms with Crippen molar-refractivity contribution in [1.82, 2.24) is 10.6 Å². The van der Waals surface area contributed by atoms with Gasteiger partial charge in [-0.15, -0.1) is 0 Å². The van der Waals surface area contributed by atoms with E-state index in [2.05, 4.69) is 10.6 Å². The maximum absolute atomic E-state index is 12.3. The van der Waals surface area contributed by atoms with Crippen LogP contribution in [0.1, 0.15) is 46.0 Å². The molecule has 0 fully saturated rings. The Morgan fingerprint density at radius 3 is 2.00 bits per heavy atom. The van der Waals surface area contributed by atoms with Crippen molar-refractivity contribution in [3.63, 3.8) is 0 Å². The van der Waals surface area contributed by atoms with Crippen molar-refractivity contribution in [3.8, 4) is 0 Å². The summed E-state index contributed by atoms with van der Waals surface area (Å²) in [6, 6.07) is -3.49. The quantitative estimate of drug-likeness (QED) is 0.222. The molecular weight excluding hydrogens is 344 g/mol. The Morgan fingerprint density at radius 2 is 1.54 bits per heavy atom. The first-order chi connectivity index (χ1) is 12.1. The largest absolute Gasteiger partial charge is 0.481 e. The zero-order valence-corrected chi connectivity index (χ0v) is 15.2. The Kier molecular flexibility index (Phi) is 11.2. The minimum absolute atomic E-state index is 0.000109. The van der Waals surface area contributed by atoms with E-state index in [-0.39, 0.29) is 12.3 Å². The minimum atomic E-state index is -1.41. The van der Waals surface area contributed by atoms with Crippen molar-refractivity contribution in [3.05, 3.63) is 0 Å². The van der Waals surface area contributed by atoms with Gasteiger partial charge in [-0.25, -0.2) is 4.79 Å². The number of amides is 2. The van der Waals surface area contributed by atoms with Gasteiger partial charge < -0.3 is 32.3 Å². The van der Waals surface area contributed by atoms with Gasteiger partial charge in [-0.3, -0.25) is 14.4 Å². The number of unbranched alkanes of at least 4 members (excludes halogenated alkanes) is 1. The lowest BCUT2D eigenvalue weighted by Gasteiger charge is -2.22. The van der Waals surface area contributed by atoms with Crippen LogP contribution in [0.4, 0.5) is 0 Å². The molecular formula is C16H30N4O6. The van der Waals surface area contributed by atoms with Gasteiger partial charge in [0.2, 0.25) is 11.8 Å². The molecule has 26 heavy (non-hydrogen) atoms. The highest BCUT2D eigenvalue weighted by atomic mass is 16.4. The molecule has 0 aliphatic heterocycles. The summed E-state index contributed by atoms with van der Waals surface area (Å²) in [5.74, 6) is -4.08. The van der Waals surface area contributed by atoms with Gasteiger partial charge in [0.15, 0.2) is 0 Å². The van der Waals surface area contributed by atoms with Gasteiger partial charge in [-0.2, -0.15) is 0 Å². The minimum Gasteiger partial charge on any atom is -0.481 e. The summed E-state index contributed by atoms with van der Waals surface area (Å²) < 4.78 is 0. The van der Waals surface area contributed by atoms with Gasteiger partial charge in [0.25, 0.3) is 0 Å². The highest BCUT2D eigenvalue weighted by Crippen LogP contribution is 2.06. The van der Waals surface area contributed by atoms with Gasteiger partial charge in [-0.1, -0.05) is 20.3 Å². The van der Waals surface area contributed by atoms with Gasteiger partial charge in [-0.05, 0) is 31.7 Å². The number of hydrogen-bond acceptors (Lipinski definition) is 6. The second kappa shape index (κ2) is 12.2. The summed E-state index contributed by atoms with van der Waals surface area (Å²) in [6.45, 7) is 4.04. The maximum atomic E-state index is 12.3. The number of carboxylic acid groups (broad SMARTS) is 2. The molecule has 0 radical (unpaired) electrons. The van der Waals surface area contributed by atoms with Crippen molar-refractivity contribution in [2.45, 2.75) is 64.1 Å². The predicted octanol–water partition coefficient (Wildman–Crippen LogP) is -0.982. The number of nitrogens with one attached hydrogen (secondary N) is 2. The fourth-order valence-electron chi connectivity index (χ4n) is 2.27. The third kappa shape index (κ3) is 9.94. The number of nitrogens with two attached hydrogens (primary N) is 2. The summed E-state index contributed by atoms with van der Waals surface area (Å²) in [7, 11) is 0. The normalized spacial score (nSPS) is 14.3. The van der Waals surface area contributed by atoms with Crippen LogP contribution in [0.3, 0.4) is 0 Å². The SMILES string of the molecule is CC(C)C[C@H](NC(=O)[C@H](CC(=O)O)NC(=O)[C@@H](N)CCCCN)C(=O)O. The molecule has 0 saturated carbocycles. The molecule has 0 aromatic rings. The van der Waals surface area contributed by atoms with Crippen LogP contribution in [-0.4, -0.2) is 58.6 Å². The number of hydrogen-bond donors (Lipinski definition) is 6. The van der Waals surface area contributed by atoms with Gasteiger partial charge in [0.05, 0.1) is 12.5 Å². The standard InChI is InChI=1S/C16H30N4O6/c1-9(2)7-12(16(25)26)20-15(24)11(8-13(21)22)19-14(23)10(18)5-3-4-6-17/h9-12H,3-8,17-18H2,1-2H3,(H,19,23)(H,20,24)(H,21,22)(H,25,26)/t10-,11-,12-/m0/s1. The van der Waals surface area contributed by atoms with E-state index >= 15 is 0 Å². The molecule has 0 aromatic carbocycles. The third-order valence-corrected chi connectivity index (χ3v) is 3.64. The average molecular weight is 374 g/mol. The van der Waals surface area contributed by atoms with Crippen LogP contribution in [0, 0.1) is 5.92 Å². The Labute approximate surface area is 152 Å². The first-order valence-corrected chi connectivity index (χ1v) is 8.59. The first-order valence-electron chi connectivity index (χ1n) is 8.59. The van der Waals surface area contributed by atoms with E-state index in [0.29, 0.717) is 25.8 Å². The van der Waals surface area contributed by atoms with Crippen LogP contribution in [0.25, 0.3) is 0 Å². The van der Waals surface area contributed by atoms with E-state index < -0.39 is 48.3 Å². The molecule has 8 N–H and O–H groups in total. The van der Waals surface area contributed by atoms with Crippen LogP contribution >= 0.6 is 0 Å². The molecule has 10 nitrogen and oxygen atoms in total. The van der Waals surface area contributed by atoms with E-state index in [1.807, 2.05) is 0 Å². The molecule has 0 unspecified atom stereocenters.